The number of amides is 2. The van der Waals surface area contributed by atoms with Gasteiger partial charge in [0.25, 0.3) is 0 Å². The molecule has 20 heavy (non-hydrogen) atoms. The van der Waals surface area contributed by atoms with Gasteiger partial charge in [-0.1, -0.05) is 6.92 Å². The molecule has 0 radical (unpaired) electrons. The van der Waals surface area contributed by atoms with Crippen molar-refractivity contribution in [2.45, 2.75) is 32.6 Å². The third-order valence-electron chi connectivity index (χ3n) is 4.35. The molecule has 0 aliphatic carbocycles. The number of unbranched alkanes of at least 4 members (excludes halogenated alkanes) is 1. The summed E-state index contributed by atoms with van der Waals surface area (Å²) in [5, 5.41) is 3.06. The summed E-state index contributed by atoms with van der Waals surface area (Å²) in [6, 6.07) is 0.136. The number of hydrogen-bond donors (Lipinski definition) is 1. The number of carbonyl (C=O) groups excluding carboxylic acids is 1. The second-order valence-electron chi connectivity index (χ2n) is 6.06. The van der Waals surface area contributed by atoms with Crippen molar-refractivity contribution in [2.24, 2.45) is 5.92 Å². The van der Waals surface area contributed by atoms with E-state index in [0.29, 0.717) is 0 Å². The molecule has 2 rings (SSSR count). The molecule has 0 aromatic rings. The average Bonchev–Trinajstić information content (AvgIpc) is 2.49. The molecule has 0 bridgehead atoms. The van der Waals surface area contributed by atoms with Crippen LogP contribution in [0, 0.1) is 5.92 Å². The van der Waals surface area contributed by atoms with Crippen molar-refractivity contribution in [1.82, 2.24) is 15.1 Å². The lowest BCUT2D eigenvalue weighted by molar-refractivity contribution is 0.188. The first-order valence-electron chi connectivity index (χ1n) is 8.08. The van der Waals surface area contributed by atoms with Crippen molar-refractivity contribution in [3.8, 4) is 0 Å². The highest BCUT2D eigenvalue weighted by molar-refractivity contribution is 7.99. The Morgan fingerprint density at radius 1 is 1.15 bits per heavy atom. The molecule has 5 heteroatoms. The van der Waals surface area contributed by atoms with E-state index < -0.39 is 0 Å². The molecule has 1 N–H and O–H groups in total. The van der Waals surface area contributed by atoms with E-state index in [-0.39, 0.29) is 6.03 Å². The molecular formula is C15H29N3OS. The lowest BCUT2D eigenvalue weighted by Crippen LogP contribution is -2.44. The molecule has 116 valence electrons. The number of carbonyl (C=O) groups is 1. The van der Waals surface area contributed by atoms with Gasteiger partial charge in [0.15, 0.2) is 0 Å². The lowest BCUT2D eigenvalue weighted by Gasteiger charge is -2.30. The highest BCUT2D eigenvalue weighted by Crippen LogP contribution is 2.16. The van der Waals surface area contributed by atoms with E-state index in [9.17, 15) is 4.79 Å². The third kappa shape index (κ3) is 5.52. The van der Waals surface area contributed by atoms with Crippen LogP contribution in [0.15, 0.2) is 0 Å². The normalized spacial score (nSPS) is 21.9. The fourth-order valence-electron chi connectivity index (χ4n) is 2.82. The molecule has 0 aromatic heterocycles. The van der Waals surface area contributed by atoms with E-state index in [4.69, 9.17) is 0 Å². The molecular weight excluding hydrogens is 270 g/mol. The highest BCUT2D eigenvalue weighted by atomic mass is 32.2. The van der Waals surface area contributed by atoms with Gasteiger partial charge in [0.1, 0.15) is 0 Å². The number of rotatable bonds is 5. The third-order valence-corrected chi connectivity index (χ3v) is 5.29. The maximum absolute atomic E-state index is 11.9. The molecule has 0 atom stereocenters. The van der Waals surface area contributed by atoms with Crippen LogP contribution in [-0.4, -0.2) is 66.6 Å². The molecule has 0 aromatic carbocycles. The van der Waals surface area contributed by atoms with Crippen LogP contribution in [0.1, 0.15) is 32.6 Å². The van der Waals surface area contributed by atoms with Crippen molar-refractivity contribution in [3.05, 3.63) is 0 Å². The summed E-state index contributed by atoms with van der Waals surface area (Å²) in [6.45, 7) is 8.71. The quantitative estimate of drug-likeness (QED) is 0.791. The Hall–Kier alpha value is -0.420. The first kappa shape index (κ1) is 16.0. The Labute approximate surface area is 127 Å². The van der Waals surface area contributed by atoms with Gasteiger partial charge in [-0.15, -0.1) is 0 Å². The lowest BCUT2D eigenvalue weighted by atomic mass is 9.99. The monoisotopic (exact) mass is 299 g/mol. The molecule has 0 spiro atoms. The minimum atomic E-state index is 0.136. The summed E-state index contributed by atoms with van der Waals surface area (Å²) in [5.74, 6) is 3.08. The number of piperidine rings is 1. The van der Waals surface area contributed by atoms with Crippen molar-refractivity contribution in [3.63, 3.8) is 0 Å². The molecule has 2 heterocycles. The van der Waals surface area contributed by atoms with Gasteiger partial charge in [-0.25, -0.2) is 4.79 Å². The first-order valence-corrected chi connectivity index (χ1v) is 9.24. The predicted octanol–water partition coefficient (Wildman–Crippen LogP) is 2.26. The van der Waals surface area contributed by atoms with Gasteiger partial charge in [0.05, 0.1) is 0 Å². The first-order chi connectivity index (χ1) is 9.75. The highest BCUT2D eigenvalue weighted by Gasteiger charge is 2.16. The second-order valence-corrected chi connectivity index (χ2v) is 7.29. The number of urea groups is 1. The zero-order chi connectivity index (χ0) is 14.2. The SMILES string of the molecule is CC1CCN(CCCCNC(=O)N2CCSCC2)CC1. The number of nitrogens with one attached hydrogen (secondary N) is 1. The summed E-state index contributed by atoms with van der Waals surface area (Å²) in [5.41, 5.74) is 0. The van der Waals surface area contributed by atoms with E-state index in [1.807, 2.05) is 16.7 Å². The summed E-state index contributed by atoms with van der Waals surface area (Å²) in [7, 11) is 0. The molecule has 4 nitrogen and oxygen atoms in total. The van der Waals surface area contributed by atoms with E-state index in [0.717, 1.165) is 43.5 Å². The standard InChI is InChI=1S/C15H29N3OS/c1-14-4-8-17(9-5-14)7-3-2-6-16-15(19)18-10-12-20-13-11-18/h14H,2-13H2,1H3,(H,16,19). The zero-order valence-electron chi connectivity index (χ0n) is 12.8. The van der Waals surface area contributed by atoms with Crippen molar-refractivity contribution < 1.29 is 4.79 Å². The molecule has 0 unspecified atom stereocenters. The summed E-state index contributed by atoms with van der Waals surface area (Å²) >= 11 is 1.94. The van der Waals surface area contributed by atoms with Crippen LogP contribution in [0.2, 0.25) is 0 Å². The van der Waals surface area contributed by atoms with Crippen LogP contribution in [0.5, 0.6) is 0 Å². The van der Waals surface area contributed by atoms with Gasteiger partial charge in [-0.05, 0) is 51.2 Å². The summed E-state index contributed by atoms with van der Waals surface area (Å²) < 4.78 is 0. The average molecular weight is 299 g/mol. The Kier molecular flexibility index (Phi) is 7.00. The maximum atomic E-state index is 11.9. The molecule has 2 aliphatic rings. The van der Waals surface area contributed by atoms with E-state index >= 15 is 0 Å². The summed E-state index contributed by atoms with van der Waals surface area (Å²) in [4.78, 5) is 16.4. The van der Waals surface area contributed by atoms with Crippen molar-refractivity contribution >= 4 is 17.8 Å². The van der Waals surface area contributed by atoms with Crippen LogP contribution >= 0.6 is 11.8 Å². The van der Waals surface area contributed by atoms with Crippen LogP contribution in [0.4, 0.5) is 4.79 Å². The Morgan fingerprint density at radius 3 is 2.55 bits per heavy atom. The Balaban J connectivity index is 1.47. The van der Waals surface area contributed by atoms with Crippen molar-refractivity contribution in [2.75, 3.05) is 50.8 Å². The van der Waals surface area contributed by atoms with Gasteiger partial charge in [-0.2, -0.15) is 11.8 Å². The zero-order valence-corrected chi connectivity index (χ0v) is 13.6. The van der Waals surface area contributed by atoms with Crippen LogP contribution < -0.4 is 5.32 Å². The number of likely N-dealkylation sites (tertiary alicyclic amines) is 1. The molecule has 2 aliphatic heterocycles. The van der Waals surface area contributed by atoms with Gasteiger partial charge in [0.2, 0.25) is 0 Å². The minimum absolute atomic E-state index is 0.136. The molecule has 0 saturated carbocycles. The number of hydrogen-bond acceptors (Lipinski definition) is 3. The molecule has 2 saturated heterocycles. The van der Waals surface area contributed by atoms with Gasteiger partial charge >= 0.3 is 6.03 Å². The van der Waals surface area contributed by atoms with E-state index in [1.165, 1.54) is 38.9 Å². The Bertz CT molecular complexity index is 287. The van der Waals surface area contributed by atoms with Gasteiger partial charge in [0, 0.05) is 31.1 Å². The fraction of sp³-hybridized carbons (Fsp3) is 0.933. The predicted molar refractivity (Wildman–Crippen MR) is 86.4 cm³/mol. The smallest absolute Gasteiger partial charge is 0.317 e. The molecule has 2 fully saturated rings. The fourth-order valence-corrected chi connectivity index (χ4v) is 3.72. The van der Waals surface area contributed by atoms with E-state index in [2.05, 4.69) is 17.1 Å². The van der Waals surface area contributed by atoms with Crippen LogP contribution in [0.3, 0.4) is 0 Å². The second kappa shape index (κ2) is 8.78. The van der Waals surface area contributed by atoms with Crippen LogP contribution in [-0.2, 0) is 0 Å². The topological polar surface area (TPSA) is 35.6 Å². The largest absolute Gasteiger partial charge is 0.338 e. The number of nitrogens with zero attached hydrogens (tertiary/aromatic N) is 2. The van der Waals surface area contributed by atoms with E-state index in [1.54, 1.807) is 0 Å². The maximum Gasteiger partial charge on any atom is 0.317 e. The molecule has 2 amide bonds. The van der Waals surface area contributed by atoms with Crippen molar-refractivity contribution in [1.29, 1.82) is 0 Å². The van der Waals surface area contributed by atoms with Gasteiger partial charge in [-0.3, -0.25) is 0 Å². The minimum Gasteiger partial charge on any atom is -0.338 e. The van der Waals surface area contributed by atoms with Crippen LogP contribution in [0.25, 0.3) is 0 Å². The summed E-state index contributed by atoms with van der Waals surface area (Å²) in [6.07, 6.45) is 5.00. The van der Waals surface area contributed by atoms with Gasteiger partial charge < -0.3 is 15.1 Å². The number of thioether (sulfide) groups is 1. The Morgan fingerprint density at radius 2 is 1.85 bits per heavy atom.